The molecule has 2 saturated heterocycles. The van der Waals surface area contributed by atoms with Crippen molar-refractivity contribution in [2.75, 3.05) is 19.6 Å². The lowest BCUT2D eigenvalue weighted by Gasteiger charge is -2.56. The molecule has 2 amide bonds. The summed E-state index contributed by atoms with van der Waals surface area (Å²) in [5, 5.41) is 3.11. The first-order chi connectivity index (χ1) is 12.9. The number of carbonyl (C=O) groups is 2. The Morgan fingerprint density at radius 1 is 1.11 bits per heavy atom. The Kier molecular flexibility index (Phi) is 5.96. The molecule has 4 rings (SSSR count). The summed E-state index contributed by atoms with van der Waals surface area (Å²) < 4.78 is 26.8. The first-order valence-corrected chi connectivity index (χ1v) is 9.67. The number of benzene rings is 1. The van der Waals surface area contributed by atoms with Crippen molar-refractivity contribution in [3.05, 3.63) is 35.4 Å². The average Bonchev–Trinajstić information content (AvgIpc) is 2.61. The predicted molar refractivity (Wildman–Crippen MR) is 103 cm³/mol. The number of halogens is 3. The summed E-state index contributed by atoms with van der Waals surface area (Å²) in [4.78, 5) is 29.6. The van der Waals surface area contributed by atoms with E-state index >= 15 is 0 Å². The second-order valence-electron chi connectivity index (χ2n) is 8.21. The van der Waals surface area contributed by atoms with E-state index in [0.29, 0.717) is 24.6 Å². The van der Waals surface area contributed by atoms with E-state index in [0.717, 1.165) is 37.8 Å². The minimum atomic E-state index is -0.943. The van der Waals surface area contributed by atoms with E-state index in [1.54, 1.807) is 9.80 Å². The first kappa shape index (κ1) is 21.0. The van der Waals surface area contributed by atoms with E-state index in [1.165, 1.54) is 6.07 Å². The third kappa shape index (κ3) is 3.50. The third-order valence-electron chi connectivity index (χ3n) is 6.37. The number of hydrogen-bond donors (Lipinski definition) is 1. The zero-order valence-electron chi connectivity index (χ0n) is 15.9. The van der Waals surface area contributed by atoms with Crippen molar-refractivity contribution in [3.8, 4) is 0 Å². The maximum absolute atomic E-state index is 13.6. The van der Waals surface area contributed by atoms with Gasteiger partial charge in [0.1, 0.15) is 12.1 Å². The predicted octanol–water partition coefficient (Wildman–Crippen LogP) is 2.48. The Bertz CT molecular complexity index is 764. The highest BCUT2D eigenvalue weighted by Gasteiger charge is 2.57. The van der Waals surface area contributed by atoms with E-state index in [4.69, 9.17) is 0 Å². The smallest absolute Gasteiger partial charge is 0.251 e. The van der Waals surface area contributed by atoms with Gasteiger partial charge in [-0.1, -0.05) is 13.0 Å². The zero-order valence-corrected chi connectivity index (χ0v) is 16.7. The van der Waals surface area contributed by atoms with Crippen LogP contribution in [0.1, 0.15) is 38.2 Å². The van der Waals surface area contributed by atoms with Gasteiger partial charge in [0.15, 0.2) is 11.6 Å². The number of rotatable bonds is 3. The van der Waals surface area contributed by atoms with Crippen LogP contribution in [-0.4, -0.2) is 52.8 Å². The Hall–Kier alpha value is -1.73. The third-order valence-corrected chi connectivity index (χ3v) is 6.37. The van der Waals surface area contributed by atoms with Crippen LogP contribution in [0.2, 0.25) is 0 Å². The number of hydrogen-bond acceptors (Lipinski definition) is 3. The molecule has 0 atom stereocenters. The van der Waals surface area contributed by atoms with Crippen LogP contribution in [0.15, 0.2) is 18.2 Å². The highest BCUT2D eigenvalue weighted by molar-refractivity contribution is 5.99. The lowest BCUT2D eigenvalue weighted by atomic mass is 9.81. The summed E-state index contributed by atoms with van der Waals surface area (Å²) in [6.45, 7) is 3.21. The molecule has 0 radical (unpaired) electrons. The van der Waals surface area contributed by atoms with Gasteiger partial charge in [-0.3, -0.25) is 9.59 Å². The fourth-order valence-corrected chi connectivity index (χ4v) is 4.54. The molecule has 28 heavy (non-hydrogen) atoms. The number of piperazine rings is 1. The maximum Gasteiger partial charge on any atom is 0.251 e. The molecule has 1 N–H and O–H groups in total. The van der Waals surface area contributed by atoms with Gasteiger partial charge < -0.3 is 15.1 Å². The molecule has 2 heterocycles. The van der Waals surface area contributed by atoms with E-state index in [1.807, 2.05) is 0 Å². The van der Waals surface area contributed by atoms with Gasteiger partial charge in [0.25, 0.3) is 5.91 Å². The van der Waals surface area contributed by atoms with Gasteiger partial charge in [0.05, 0.1) is 0 Å². The minimum Gasteiger partial charge on any atom is -0.328 e. The highest BCUT2D eigenvalue weighted by Crippen LogP contribution is 2.35. The molecule has 8 heteroatoms. The Labute approximate surface area is 169 Å². The maximum atomic E-state index is 13.6. The van der Waals surface area contributed by atoms with E-state index in [2.05, 4.69) is 12.2 Å². The molecule has 1 spiro atoms. The fourth-order valence-electron chi connectivity index (χ4n) is 4.54. The zero-order chi connectivity index (χ0) is 19.2. The number of nitrogens with zero attached hydrogens (tertiary/aromatic N) is 2. The van der Waals surface area contributed by atoms with Crippen molar-refractivity contribution in [3.63, 3.8) is 0 Å². The van der Waals surface area contributed by atoms with Gasteiger partial charge in [-0.05, 0) is 49.3 Å². The van der Waals surface area contributed by atoms with Crippen molar-refractivity contribution in [2.24, 2.45) is 5.92 Å². The van der Waals surface area contributed by atoms with Crippen LogP contribution in [0.3, 0.4) is 0 Å². The molecule has 154 valence electrons. The monoisotopic (exact) mass is 413 g/mol. The molecule has 0 bridgehead atoms. The minimum absolute atomic E-state index is 0. The van der Waals surface area contributed by atoms with Crippen LogP contribution in [0.4, 0.5) is 8.78 Å². The Balaban J connectivity index is 0.00000225. The SMILES string of the molecule is CC1CCC(N2CC(=O)N(Cc3ccc(F)c(F)c3)C3(CNC3)C2=O)CC1.Cl. The lowest BCUT2D eigenvalue weighted by molar-refractivity contribution is -0.173. The highest BCUT2D eigenvalue weighted by atomic mass is 35.5. The van der Waals surface area contributed by atoms with Gasteiger partial charge in [0, 0.05) is 25.7 Å². The number of carbonyl (C=O) groups excluding carboxylic acids is 2. The number of amides is 2. The van der Waals surface area contributed by atoms with Crippen LogP contribution in [-0.2, 0) is 16.1 Å². The molecule has 1 aliphatic carbocycles. The molecule has 1 aromatic carbocycles. The molecule has 3 aliphatic rings. The van der Waals surface area contributed by atoms with Crippen molar-refractivity contribution >= 4 is 24.2 Å². The molecule has 5 nitrogen and oxygen atoms in total. The van der Waals surface area contributed by atoms with Crippen LogP contribution in [0.5, 0.6) is 0 Å². The largest absolute Gasteiger partial charge is 0.328 e. The lowest BCUT2D eigenvalue weighted by Crippen LogP contribution is -2.80. The first-order valence-electron chi connectivity index (χ1n) is 9.67. The molecule has 1 saturated carbocycles. The van der Waals surface area contributed by atoms with Gasteiger partial charge in [-0.25, -0.2) is 8.78 Å². The molecule has 3 fully saturated rings. The average molecular weight is 414 g/mol. The summed E-state index contributed by atoms with van der Waals surface area (Å²) >= 11 is 0. The van der Waals surface area contributed by atoms with E-state index in [9.17, 15) is 18.4 Å². The van der Waals surface area contributed by atoms with Gasteiger partial charge in [-0.2, -0.15) is 0 Å². The molecule has 2 aliphatic heterocycles. The number of nitrogens with one attached hydrogen (secondary N) is 1. The van der Waals surface area contributed by atoms with Crippen LogP contribution in [0.25, 0.3) is 0 Å². The second-order valence-corrected chi connectivity index (χ2v) is 8.21. The normalized spacial score (nSPS) is 26.8. The standard InChI is InChI=1S/C20H25F2N3O2.ClH/c1-13-2-5-15(6-3-13)24-10-18(26)25(20(19(24)27)11-23-12-20)9-14-4-7-16(21)17(22)8-14;/h4,7-8,13,15,23H,2-3,5-6,9-12H2,1H3;1H. The Morgan fingerprint density at radius 2 is 1.79 bits per heavy atom. The summed E-state index contributed by atoms with van der Waals surface area (Å²) in [6.07, 6.45) is 4.03. The molecule has 1 aromatic rings. The second kappa shape index (κ2) is 7.95. The molecular weight excluding hydrogens is 388 g/mol. The van der Waals surface area contributed by atoms with Crippen LogP contribution >= 0.6 is 12.4 Å². The fraction of sp³-hybridized carbons (Fsp3) is 0.600. The quantitative estimate of drug-likeness (QED) is 0.828. The summed E-state index contributed by atoms with van der Waals surface area (Å²) in [5.41, 5.74) is -0.412. The molecule has 0 unspecified atom stereocenters. The van der Waals surface area contributed by atoms with Crippen molar-refractivity contribution < 1.29 is 18.4 Å². The van der Waals surface area contributed by atoms with Gasteiger partial charge in [-0.15, -0.1) is 12.4 Å². The molecule has 0 aromatic heterocycles. The summed E-state index contributed by atoms with van der Waals surface area (Å²) in [6, 6.07) is 3.75. The van der Waals surface area contributed by atoms with E-state index < -0.39 is 17.2 Å². The van der Waals surface area contributed by atoms with Crippen LogP contribution < -0.4 is 5.32 Å². The van der Waals surface area contributed by atoms with Crippen molar-refractivity contribution in [1.29, 1.82) is 0 Å². The molecular formula is C20H26ClF2N3O2. The Morgan fingerprint density at radius 3 is 2.36 bits per heavy atom. The van der Waals surface area contributed by atoms with Gasteiger partial charge in [0.2, 0.25) is 5.91 Å². The van der Waals surface area contributed by atoms with E-state index in [-0.39, 0.29) is 43.4 Å². The summed E-state index contributed by atoms with van der Waals surface area (Å²) in [7, 11) is 0. The summed E-state index contributed by atoms with van der Waals surface area (Å²) in [5.74, 6) is -1.33. The van der Waals surface area contributed by atoms with Crippen molar-refractivity contribution in [1.82, 2.24) is 15.1 Å². The van der Waals surface area contributed by atoms with Gasteiger partial charge >= 0.3 is 0 Å². The topological polar surface area (TPSA) is 52.7 Å². The van der Waals surface area contributed by atoms with Crippen molar-refractivity contribution in [2.45, 2.75) is 50.7 Å². The van der Waals surface area contributed by atoms with Crippen LogP contribution in [0, 0.1) is 17.6 Å².